The number of hydrogen-bond donors (Lipinski definition) is 8. The first kappa shape index (κ1) is 33.6. The number of nitrogens with two attached hydrogens (primary N) is 1. The SMILES string of the molecule is NCCCCCCNC(=O)Cc1cn([C@H]2C[C@H](O)[C@@H](COP(=O)(O)OP(=O)(O)OP(=O)(O)O)O2)c(=O)[nH]c1=O. The number of phosphoric acid groups is 3. The molecule has 1 aromatic rings. The monoisotopic (exact) mass is 624 g/mol. The van der Waals surface area contributed by atoms with Crippen molar-refractivity contribution in [1.82, 2.24) is 14.9 Å². The summed E-state index contributed by atoms with van der Waals surface area (Å²) < 4.78 is 51.9. The topological polar surface area (TPSA) is 299 Å². The highest BCUT2D eigenvalue weighted by Gasteiger charge is 2.43. The van der Waals surface area contributed by atoms with Crippen LogP contribution in [0.15, 0.2) is 15.8 Å². The fourth-order valence-corrected chi connectivity index (χ4v) is 6.49. The first-order valence-electron chi connectivity index (χ1n) is 11.4. The van der Waals surface area contributed by atoms with Crippen molar-refractivity contribution >= 4 is 29.4 Å². The summed E-state index contributed by atoms with van der Waals surface area (Å²) in [6.07, 6.45) is -0.197. The van der Waals surface area contributed by atoms with Gasteiger partial charge in [-0.25, -0.2) is 18.5 Å². The van der Waals surface area contributed by atoms with Crippen molar-refractivity contribution in [3.8, 4) is 0 Å². The number of unbranched alkanes of at least 4 members (excludes halogenated alkanes) is 3. The van der Waals surface area contributed by atoms with Gasteiger partial charge in [0.05, 0.1) is 19.1 Å². The van der Waals surface area contributed by atoms with Gasteiger partial charge in [0, 0.05) is 24.7 Å². The zero-order valence-corrected chi connectivity index (χ0v) is 23.0. The maximum Gasteiger partial charge on any atom is 0.490 e. The predicted octanol–water partition coefficient (Wildman–Crippen LogP) is -1.29. The van der Waals surface area contributed by atoms with E-state index in [1.807, 2.05) is 4.98 Å². The third-order valence-corrected chi connectivity index (χ3v) is 8.98. The second kappa shape index (κ2) is 14.4. The van der Waals surface area contributed by atoms with Gasteiger partial charge in [-0.15, -0.1) is 0 Å². The van der Waals surface area contributed by atoms with Crippen LogP contribution in [-0.2, 0) is 42.8 Å². The largest absolute Gasteiger partial charge is 0.490 e. The van der Waals surface area contributed by atoms with E-state index in [4.69, 9.17) is 20.3 Å². The molecule has 0 spiro atoms. The fourth-order valence-electron chi connectivity index (χ4n) is 3.46. The average Bonchev–Trinajstić information content (AvgIpc) is 3.14. The number of H-pyrrole nitrogens is 1. The van der Waals surface area contributed by atoms with E-state index in [2.05, 4.69) is 18.5 Å². The van der Waals surface area contributed by atoms with Crippen LogP contribution in [0.25, 0.3) is 0 Å². The summed E-state index contributed by atoms with van der Waals surface area (Å²) in [5.41, 5.74) is 3.60. The van der Waals surface area contributed by atoms with Crippen LogP contribution in [-0.4, -0.2) is 72.0 Å². The Balaban J connectivity index is 1.99. The third-order valence-electron chi connectivity index (χ3n) is 5.18. The molecule has 2 unspecified atom stereocenters. The van der Waals surface area contributed by atoms with E-state index in [9.17, 15) is 43.0 Å². The molecule has 1 aliphatic heterocycles. The number of hydrogen-bond acceptors (Lipinski definition) is 12. The van der Waals surface area contributed by atoms with E-state index in [1.54, 1.807) is 0 Å². The first-order valence-corrected chi connectivity index (χ1v) is 16.0. The smallest absolute Gasteiger partial charge is 0.390 e. The molecule has 2 heterocycles. The van der Waals surface area contributed by atoms with Crippen molar-refractivity contribution in [2.24, 2.45) is 5.73 Å². The number of nitrogens with one attached hydrogen (secondary N) is 2. The highest BCUT2D eigenvalue weighted by molar-refractivity contribution is 7.66. The number of aromatic amines is 1. The van der Waals surface area contributed by atoms with Crippen molar-refractivity contribution in [1.29, 1.82) is 0 Å². The highest BCUT2D eigenvalue weighted by atomic mass is 31.3. The van der Waals surface area contributed by atoms with Crippen LogP contribution < -0.4 is 22.3 Å². The van der Waals surface area contributed by atoms with E-state index in [-0.39, 0.29) is 18.4 Å². The molecule has 0 aliphatic carbocycles. The van der Waals surface area contributed by atoms with Crippen molar-refractivity contribution in [3.05, 3.63) is 32.6 Å². The van der Waals surface area contributed by atoms with Gasteiger partial charge in [0.2, 0.25) is 5.91 Å². The number of carbonyl (C=O) groups is 1. The molecular weight excluding hydrogens is 593 g/mol. The van der Waals surface area contributed by atoms with Crippen molar-refractivity contribution in [2.45, 2.75) is 57.0 Å². The average molecular weight is 624 g/mol. The molecule has 0 bridgehead atoms. The normalized spacial score (nSPS) is 22.8. The Kier molecular flexibility index (Phi) is 12.4. The Morgan fingerprint density at radius 3 is 2.41 bits per heavy atom. The third kappa shape index (κ3) is 11.8. The Morgan fingerprint density at radius 1 is 1.10 bits per heavy atom. The van der Waals surface area contributed by atoms with E-state index in [1.165, 1.54) is 0 Å². The van der Waals surface area contributed by atoms with Gasteiger partial charge in [-0.1, -0.05) is 12.8 Å². The minimum atomic E-state index is -5.74. The highest BCUT2D eigenvalue weighted by Crippen LogP contribution is 2.66. The fraction of sp³-hybridized carbons (Fsp3) is 0.706. The molecule has 1 fully saturated rings. The zero-order valence-electron chi connectivity index (χ0n) is 20.4. The second-order valence-corrected chi connectivity index (χ2v) is 12.8. The molecule has 22 heteroatoms. The summed E-state index contributed by atoms with van der Waals surface area (Å²) in [6, 6.07) is 0. The van der Waals surface area contributed by atoms with Gasteiger partial charge < -0.3 is 40.5 Å². The number of rotatable bonds is 16. The Labute approximate surface area is 220 Å². The van der Waals surface area contributed by atoms with E-state index in [0.717, 1.165) is 36.4 Å². The van der Waals surface area contributed by atoms with Crippen LogP contribution in [0.1, 0.15) is 43.9 Å². The van der Waals surface area contributed by atoms with Crippen LogP contribution in [0.5, 0.6) is 0 Å². The summed E-state index contributed by atoms with van der Waals surface area (Å²) >= 11 is 0. The van der Waals surface area contributed by atoms with E-state index in [0.29, 0.717) is 13.1 Å². The summed E-state index contributed by atoms with van der Waals surface area (Å²) in [7, 11) is -16.8. The lowest BCUT2D eigenvalue weighted by Gasteiger charge is -2.19. The number of amides is 1. The molecule has 1 aliphatic rings. The number of aliphatic hydroxyl groups excluding tert-OH is 1. The number of carbonyl (C=O) groups excluding carboxylic acids is 1. The maximum absolute atomic E-state index is 12.3. The molecule has 224 valence electrons. The molecule has 0 radical (unpaired) electrons. The van der Waals surface area contributed by atoms with Crippen LogP contribution in [0, 0.1) is 0 Å². The van der Waals surface area contributed by atoms with Gasteiger partial charge in [-0.3, -0.25) is 23.7 Å². The molecule has 2 rings (SSSR count). The summed E-state index contributed by atoms with van der Waals surface area (Å²) in [5.74, 6) is -0.467. The molecule has 39 heavy (non-hydrogen) atoms. The van der Waals surface area contributed by atoms with Crippen molar-refractivity contribution in [2.75, 3.05) is 19.7 Å². The number of ether oxygens (including phenoxy) is 1. The van der Waals surface area contributed by atoms with Gasteiger partial charge >= 0.3 is 29.2 Å². The molecule has 1 saturated heterocycles. The number of phosphoric ester groups is 1. The van der Waals surface area contributed by atoms with E-state index < -0.39 is 65.7 Å². The van der Waals surface area contributed by atoms with Gasteiger partial charge in [-0.2, -0.15) is 8.62 Å². The van der Waals surface area contributed by atoms with E-state index >= 15 is 0 Å². The summed E-state index contributed by atoms with van der Waals surface area (Å²) in [6.45, 7) is 0.0251. The Bertz CT molecular complexity index is 1250. The predicted molar refractivity (Wildman–Crippen MR) is 130 cm³/mol. The van der Waals surface area contributed by atoms with Gasteiger partial charge in [0.15, 0.2) is 0 Å². The Morgan fingerprint density at radius 2 is 1.77 bits per heavy atom. The van der Waals surface area contributed by atoms with Crippen molar-refractivity contribution in [3.63, 3.8) is 0 Å². The lowest BCUT2D eigenvalue weighted by atomic mass is 10.2. The lowest BCUT2D eigenvalue weighted by molar-refractivity contribution is -0.120. The summed E-state index contributed by atoms with van der Waals surface area (Å²) in [4.78, 5) is 74.6. The molecule has 0 saturated carbocycles. The standard InChI is InChI=1S/C17H31N4O15P3/c18-5-3-1-2-4-6-19-14(23)7-11-9-21(17(25)20-16(11)24)15-8-12(22)13(34-15)10-33-38(29,30)36-39(31,32)35-37(26,27)28/h9,12-13,15,22H,1-8,10,18H2,(H,19,23)(H,29,30)(H,31,32)(H,20,24,25)(H2,26,27,28)/t12-,13+,15+/m0/s1. The van der Waals surface area contributed by atoms with Crippen LogP contribution in [0.3, 0.4) is 0 Å². The number of aliphatic hydroxyl groups is 1. The molecular formula is C17H31N4O15P3. The lowest BCUT2D eigenvalue weighted by Crippen LogP contribution is -2.36. The van der Waals surface area contributed by atoms with Crippen molar-refractivity contribution < 1.29 is 61.1 Å². The first-order chi connectivity index (χ1) is 18.0. The molecule has 5 atom stereocenters. The summed E-state index contributed by atoms with van der Waals surface area (Å²) in [5, 5.41) is 12.9. The molecule has 9 N–H and O–H groups in total. The Hall–Kier alpha value is -1.56. The van der Waals surface area contributed by atoms with Gasteiger partial charge in [0.1, 0.15) is 12.3 Å². The van der Waals surface area contributed by atoms with Crippen LogP contribution >= 0.6 is 23.5 Å². The second-order valence-electron chi connectivity index (χ2n) is 8.37. The van der Waals surface area contributed by atoms with Gasteiger partial charge in [0.25, 0.3) is 5.56 Å². The molecule has 1 amide bonds. The minimum Gasteiger partial charge on any atom is -0.390 e. The van der Waals surface area contributed by atoms with Crippen LogP contribution in [0.4, 0.5) is 0 Å². The number of aromatic nitrogens is 2. The van der Waals surface area contributed by atoms with Gasteiger partial charge in [-0.05, 0) is 19.4 Å². The van der Waals surface area contributed by atoms with Crippen LogP contribution in [0.2, 0.25) is 0 Å². The number of nitrogens with zero attached hydrogens (tertiary/aromatic N) is 1. The molecule has 0 aromatic carbocycles. The molecule has 19 nitrogen and oxygen atoms in total. The maximum atomic E-state index is 12.3. The molecule has 1 aromatic heterocycles. The quantitative estimate of drug-likeness (QED) is 0.0783. The minimum absolute atomic E-state index is 0.0787. The zero-order chi connectivity index (χ0) is 29.4.